The maximum absolute atomic E-state index is 13.3. The van der Waals surface area contributed by atoms with Crippen LogP contribution in [0.25, 0.3) is 11.1 Å². The molecule has 1 heterocycles. The van der Waals surface area contributed by atoms with Gasteiger partial charge in [0.2, 0.25) is 0 Å². The van der Waals surface area contributed by atoms with Gasteiger partial charge in [0.15, 0.2) is 0 Å². The number of ether oxygens (including phenoxy) is 2. The number of imide groups is 1. The Labute approximate surface area is 224 Å². The number of nitrogen functional groups attached to an aromatic ring is 1. The fraction of sp³-hybridized carbons (Fsp3) is 0.250. The Morgan fingerprint density at radius 2 is 1.23 bits per heavy atom. The molecule has 1 aromatic rings. The molecule has 1 aliphatic heterocycles. The van der Waals surface area contributed by atoms with Crippen LogP contribution in [0.15, 0.2) is 48.5 Å². The quantitative estimate of drug-likeness (QED) is 0.249. The molecule has 3 aliphatic rings. The van der Waals surface area contributed by atoms with Gasteiger partial charge in [0.25, 0.3) is 17.7 Å². The van der Waals surface area contributed by atoms with Crippen LogP contribution in [0.2, 0.25) is 0 Å². The summed E-state index contributed by atoms with van der Waals surface area (Å²) in [7, 11) is 0. The molecule has 0 fully saturated rings. The Bertz CT molecular complexity index is 1360. The van der Waals surface area contributed by atoms with Crippen LogP contribution in [0, 0.1) is 0 Å². The van der Waals surface area contributed by atoms with E-state index in [0.29, 0.717) is 26.9 Å². The highest BCUT2D eigenvalue weighted by Crippen LogP contribution is 2.39. The van der Waals surface area contributed by atoms with Crippen LogP contribution in [0.4, 0.5) is 5.69 Å². The molecule has 2 N–H and O–H groups in total. The second-order valence-corrected chi connectivity index (χ2v) is 8.40. The Balaban J connectivity index is 1.70. The number of hydrazine groups is 1. The smallest absolute Gasteiger partial charge is 0.340 e. The molecule has 202 valence electrons. The number of nitrogens with two attached hydrogens (primary N) is 1. The highest BCUT2D eigenvalue weighted by molar-refractivity contribution is 6.21. The van der Waals surface area contributed by atoms with E-state index in [0.717, 1.165) is 0 Å². The molecule has 0 radical (unpaired) electrons. The van der Waals surface area contributed by atoms with Gasteiger partial charge in [0, 0.05) is 0 Å². The number of hydroxylamine groups is 1. The number of benzene rings is 1. The van der Waals surface area contributed by atoms with Crippen LogP contribution >= 0.6 is 0 Å². The van der Waals surface area contributed by atoms with Crippen molar-refractivity contribution in [3.63, 3.8) is 0 Å². The van der Waals surface area contributed by atoms with Crippen molar-refractivity contribution in [2.75, 3.05) is 25.6 Å². The zero-order chi connectivity index (χ0) is 28.3. The molecule has 1 aromatic carbocycles. The second-order valence-electron chi connectivity index (χ2n) is 8.40. The topological polar surface area (TPSA) is 146 Å². The summed E-state index contributed by atoms with van der Waals surface area (Å²) in [6.45, 7) is 5.13. The molecule has 4 rings (SSSR count). The maximum atomic E-state index is 13.3. The van der Waals surface area contributed by atoms with Crippen molar-refractivity contribution in [2.45, 2.75) is 27.2 Å². The first-order valence-electron chi connectivity index (χ1n) is 12.4. The summed E-state index contributed by atoms with van der Waals surface area (Å²) >= 11 is 0. The predicted molar refractivity (Wildman–Crippen MR) is 139 cm³/mol. The Kier molecular flexibility index (Phi) is 7.91. The lowest BCUT2D eigenvalue weighted by Gasteiger charge is -2.27. The summed E-state index contributed by atoms with van der Waals surface area (Å²) in [6, 6.07) is 12.5. The standard InChI is InChI=1S/C28H27N3O8/c1-4-37-27(35)22-17-13-11-16(12-14-18(17)23(24(22)29)28(36)38-5-2)15-21(32)31(39-6-3)30-25(33)19-9-7-8-10-20(19)26(30)34/h7-14H,4-6,15,29H2,1-3H3. The summed E-state index contributed by atoms with van der Waals surface area (Å²) in [6.07, 6.45) is -0.274. The third kappa shape index (κ3) is 4.91. The third-order valence-corrected chi connectivity index (χ3v) is 6.03. The number of hydrogen-bond donors (Lipinski definition) is 1. The van der Waals surface area contributed by atoms with E-state index in [9.17, 15) is 24.0 Å². The third-order valence-electron chi connectivity index (χ3n) is 6.03. The molecule has 0 saturated carbocycles. The summed E-state index contributed by atoms with van der Waals surface area (Å²) in [5, 5.41) is 1.35. The summed E-state index contributed by atoms with van der Waals surface area (Å²) in [5.41, 5.74) is 7.64. The maximum Gasteiger partial charge on any atom is 0.340 e. The monoisotopic (exact) mass is 533 g/mol. The number of rotatable bonds is 9. The van der Waals surface area contributed by atoms with Crippen molar-refractivity contribution in [3.8, 4) is 11.1 Å². The molecule has 11 heteroatoms. The van der Waals surface area contributed by atoms with E-state index in [1.165, 1.54) is 12.1 Å². The molecular formula is C28H27N3O8. The molecule has 0 atom stereocenters. The minimum absolute atomic E-state index is 0.0147. The minimum Gasteiger partial charge on any atom is -0.462 e. The average Bonchev–Trinajstić information content (AvgIpc) is 3.23. The number of carbonyl (C=O) groups is 5. The van der Waals surface area contributed by atoms with E-state index in [4.69, 9.17) is 20.0 Å². The molecule has 0 bridgehead atoms. The molecule has 0 unspecified atom stereocenters. The van der Waals surface area contributed by atoms with Gasteiger partial charge in [-0.05, 0) is 49.6 Å². The van der Waals surface area contributed by atoms with Gasteiger partial charge in [0.05, 0.1) is 54.2 Å². The lowest BCUT2D eigenvalue weighted by Crippen LogP contribution is -2.50. The van der Waals surface area contributed by atoms with Crippen LogP contribution in [-0.2, 0) is 25.5 Å². The Morgan fingerprint density at radius 1 is 0.744 bits per heavy atom. The number of amides is 3. The van der Waals surface area contributed by atoms with Gasteiger partial charge in [-0.1, -0.05) is 36.4 Å². The van der Waals surface area contributed by atoms with Crippen LogP contribution in [0.5, 0.6) is 0 Å². The molecule has 0 spiro atoms. The van der Waals surface area contributed by atoms with Crippen LogP contribution in [-0.4, -0.2) is 59.7 Å². The molecular weight excluding hydrogens is 506 g/mol. The zero-order valence-corrected chi connectivity index (χ0v) is 21.7. The average molecular weight is 534 g/mol. The number of hydrogen-bond acceptors (Lipinski definition) is 9. The van der Waals surface area contributed by atoms with E-state index in [-0.39, 0.29) is 54.2 Å². The van der Waals surface area contributed by atoms with E-state index in [1.807, 2.05) is 0 Å². The summed E-state index contributed by atoms with van der Waals surface area (Å²) in [4.78, 5) is 70.0. The van der Waals surface area contributed by atoms with Crippen molar-refractivity contribution in [1.29, 1.82) is 0 Å². The molecule has 3 amide bonds. The van der Waals surface area contributed by atoms with E-state index in [2.05, 4.69) is 0 Å². The zero-order valence-electron chi connectivity index (χ0n) is 21.7. The van der Waals surface area contributed by atoms with Crippen LogP contribution < -0.4 is 5.73 Å². The Morgan fingerprint density at radius 3 is 1.67 bits per heavy atom. The lowest BCUT2D eigenvalue weighted by molar-refractivity contribution is -0.235. The van der Waals surface area contributed by atoms with Crippen molar-refractivity contribution < 1.29 is 38.3 Å². The van der Waals surface area contributed by atoms with Gasteiger partial charge in [-0.2, -0.15) is 5.01 Å². The van der Waals surface area contributed by atoms with Gasteiger partial charge >= 0.3 is 11.9 Å². The SMILES string of the molecule is CCOC(=O)c1c2ccc(CC(=O)N(OCC)N3C(=O)c4ccccc4C3=O)ccc-2c(C(=O)OCC)c1N. The van der Waals surface area contributed by atoms with Crippen LogP contribution in [0.3, 0.4) is 0 Å². The van der Waals surface area contributed by atoms with Gasteiger partial charge in [0.1, 0.15) is 0 Å². The highest BCUT2D eigenvalue weighted by Gasteiger charge is 2.42. The Hall–Kier alpha value is -4.77. The molecule has 39 heavy (non-hydrogen) atoms. The van der Waals surface area contributed by atoms with Gasteiger partial charge in [-0.3, -0.25) is 19.2 Å². The summed E-state index contributed by atoms with van der Waals surface area (Å²) in [5.74, 6) is -3.44. The fourth-order valence-corrected chi connectivity index (χ4v) is 4.38. The summed E-state index contributed by atoms with van der Waals surface area (Å²) < 4.78 is 10.3. The molecule has 11 nitrogen and oxygen atoms in total. The van der Waals surface area contributed by atoms with E-state index in [1.54, 1.807) is 57.2 Å². The van der Waals surface area contributed by atoms with Gasteiger partial charge < -0.3 is 15.2 Å². The first-order valence-corrected chi connectivity index (χ1v) is 12.4. The highest BCUT2D eigenvalue weighted by atomic mass is 16.7. The van der Waals surface area contributed by atoms with Crippen molar-refractivity contribution >= 4 is 35.3 Å². The van der Waals surface area contributed by atoms with Gasteiger partial charge in [-0.25, -0.2) is 9.59 Å². The van der Waals surface area contributed by atoms with E-state index >= 15 is 0 Å². The number of nitrogens with zero attached hydrogens (tertiary/aromatic N) is 2. The number of fused-ring (bicyclic) bond motifs is 2. The van der Waals surface area contributed by atoms with E-state index < -0.39 is 29.7 Å². The second kappa shape index (κ2) is 11.3. The minimum atomic E-state index is -0.701. The van der Waals surface area contributed by atoms with Crippen LogP contribution in [0.1, 0.15) is 67.8 Å². The van der Waals surface area contributed by atoms with Crippen molar-refractivity contribution in [1.82, 2.24) is 10.2 Å². The number of carbonyl (C=O) groups excluding carboxylic acids is 5. The largest absolute Gasteiger partial charge is 0.462 e. The van der Waals surface area contributed by atoms with Gasteiger partial charge in [-0.15, -0.1) is 5.17 Å². The number of anilines is 1. The number of esters is 2. The fourth-order valence-electron chi connectivity index (χ4n) is 4.38. The molecule has 2 aliphatic carbocycles. The van der Waals surface area contributed by atoms with Crippen molar-refractivity contribution in [2.24, 2.45) is 0 Å². The predicted octanol–water partition coefficient (Wildman–Crippen LogP) is 3.26. The lowest BCUT2D eigenvalue weighted by atomic mass is 10.1. The normalized spacial score (nSPS) is 12.4. The molecule has 0 saturated heterocycles. The molecule has 0 aromatic heterocycles. The van der Waals surface area contributed by atoms with Crippen molar-refractivity contribution in [3.05, 3.63) is 76.3 Å². The first kappa shape index (κ1) is 27.3. The first-order chi connectivity index (χ1) is 18.7.